The third kappa shape index (κ3) is 7.90. The topological polar surface area (TPSA) is 9.23 Å². The first-order valence-electron chi connectivity index (χ1n) is 6.93. The lowest BCUT2D eigenvalue weighted by atomic mass is 10.1. The third-order valence-electron chi connectivity index (χ3n) is 3.06. The molecule has 0 aliphatic heterocycles. The fraction of sp³-hybridized carbons (Fsp3) is 0.600. The van der Waals surface area contributed by atoms with Crippen LogP contribution in [0.25, 0.3) is 0 Å². The van der Waals surface area contributed by atoms with Gasteiger partial charge in [0, 0.05) is 10.6 Å². The second-order valence-electron chi connectivity index (χ2n) is 4.96. The van der Waals surface area contributed by atoms with Gasteiger partial charge in [-0.25, -0.2) is 0 Å². The molecule has 1 aromatic carbocycles. The Balaban J connectivity index is 2.14. The van der Waals surface area contributed by atoms with Crippen LogP contribution in [0.15, 0.2) is 17.0 Å². The molecule has 6 heteroatoms. The predicted molar refractivity (Wildman–Crippen MR) is 85.6 cm³/mol. The third-order valence-corrected chi connectivity index (χ3v) is 4.36. The minimum Gasteiger partial charge on any atom is -0.493 e. The Morgan fingerprint density at radius 3 is 2.38 bits per heavy atom. The average Bonchev–Trinajstić information content (AvgIpc) is 2.37. The number of ether oxygens (including phenoxy) is 1. The first-order valence-corrected chi connectivity index (χ1v) is 8.36. The highest BCUT2D eigenvalue weighted by Crippen LogP contribution is 2.31. The average molecular weight is 338 g/mol. The van der Waals surface area contributed by atoms with Crippen molar-refractivity contribution in [1.82, 2.24) is 0 Å². The molecule has 1 aromatic rings. The van der Waals surface area contributed by atoms with E-state index in [1.54, 1.807) is 0 Å². The molecule has 21 heavy (non-hydrogen) atoms. The van der Waals surface area contributed by atoms with Gasteiger partial charge >= 0.3 is 5.51 Å². The van der Waals surface area contributed by atoms with E-state index in [0.717, 1.165) is 41.0 Å². The van der Waals surface area contributed by atoms with Crippen molar-refractivity contribution in [2.24, 2.45) is 0 Å². The zero-order valence-electron chi connectivity index (χ0n) is 12.3. The highest BCUT2D eigenvalue weighted by Gasteiger charge is 2.27. The molecule has 1 nitrogen and oxygen atoms in total. The minimum atomic E-state index is -4.10. The van der Waals surface area contributed by atoms with Crippen LogP contribution < -0.4 is 4.74 Å². The van der Waals surface area contributed by atoms with Gasteiger partial charge in [-0.1, -0.05) is 30.7 Å². The number of hydrogen-bond donors (Lipinski definition) is 1. The predicted octanol–water partition coefficient (Wildman–Crippen LogP) is 5.78. The molecule has 0 bridgehead atoms. The van der Waals surface area contributed by atoms with Crippen LogP contribution in [0.5, 0.6) is 5.75 Å². The molecule has 0 radical (unpaired) electrons. The van der Waals surface area contributed by atoms with Crippen LogP contribution >= 0.6 is 24.4 Å². The number of thioether (sulfide) groups is 1. The summed E-state index contributed by atoms with van der Waals surface area (Å²) in [5.41, 5.74) is -1.91. The lowest BCUT2D eigenvalue weighted by Crippen LogP contribution is -2.02. The summed E-state index contributed by atoms with van der Waals surface area (Å²) in [6.45, 7) is 4.57. The molecule has 0 atom stereocenters. The van der Waals surface area contributed by atoms with Crippen molar-refractivity contribution >= 4 is 24.4 Å². The molecule has 0 amide bonds. The molecule has 0 heterocycles. The Morgan fingerprint density at radius 2 is 1.71 bits per heavy atom. The van der Waals surface area contributed by atoms with Crippen LogP contribution in [0.1, 0.15) is 36.8 Å². The Labute approximate surface area is 134 Å². The van der Waals surface area contributed by atoms with Crippen LogP contribution in [-0.2, 0) is 0 Å². The summed E-state index contributed by atoms with van der Waals surface area (Å²) in [5.74, 6) is 0.975. The highest BCUT2D eigenvalue weighted by atomic mass is 32.2. The molecule has 0 saturated carbocycles. The van der Waals surface area contributed by atoms with Gasteiger partial charge in [0.25, 0.3) is 0 Å². The number of benzene rings is 1. The van der Waals surface area contributed by atoms with Gasteiger partial charge in [-0.3, -0.25) is 0 Å². The Kier molecular flexibility index (Phi) is 7.81. The number of alkyl halides is 3. The Bertz CT molecular complexity index is 447. The van der Waals surface area contributed by atoms with Crippen LogP contribution in [0.4, 0.5) is 13.2 Å². The number of hydrogen-bond acceptors (Lipinski definition) is 3. The molecule has 1 rings (SSSR count). The molecule has 0 N–H and O–H groups in total. The molecular formula is C15H21F3OS2. The van der Waals surface area contributed by atoms with Crippen molar-refractivity contribution in [2.75, 3.05) is 12.4 Å². The summed E-state index contributed by atoms with van der Waals surface area (Å²) in [4.78, 5) is 0.903. The van der Waals surface area contributed by atoms with Gasteiger partial charge in [-0.15, -0.1) is 12.6 Å². The Hall–Kier alpha value is -0.490. The summed E-state index contributed by atoms with van der Waals surface area (Å²) < 4.78 is 41.4. The number of aryl methyl sites for hydroxylation is 2. The fourth-order valence-corrected chi connectivity index (χ4v) is 2.67. The number of halogens is 3. The molecule has 120 valence electrons. The van der Waals surface area contributed by atoms with Gasteiger partial charge in [0.1, 0.15) is 5.75 Å². The van der Waals surface area contributed by atoms with E-state index in [0.29, 0.717) is 13.0 Å². The zero-order chi connectivity index (χ0) is 15.9. The van der Waals surface area contributed by atoms with E-state index in [4.69, 9.17) is 4.74 Å². The normalized spacial score (nSPS) is 11.7. The standard InChI is InChI=1S/C15H21F3OS2/c1-11-9-12(2)14(20)10-13(11)19-7-5-3-4-6-8-21-15(16,17)18/h9-10,20H,3-8H2,1-2H3. The Morgan fingerprint density at radius 1 is 1.05 bits per heavy atom. The van der Waals surface area contributed by atoms with E-state index < -0.39 is 5.51 Å². The van der Waals surface area contributed by atoms with E-state index in [-0.39, 0.29) is 17.5 Å². The van der Waals surface area contributed by atoms with E-state index in [1.165, 1.54) is 0 Å². The molecular weight excluding hydrogens is 317 g/mol. The SMILES string of the molecule is Cc1cc(C)c(OCCCCCCSC(F)(F)F)cc1S. The summed E-state index contributed by atoms with van der Waals surface area (Å²) in [6.07, 6.45) is 3.13. The van der Waals surface area contributed by atoms with Crippen LogP contribution in [-0.4, -0.2) is 17.9 Å². The van der Waals surface area contributed by atoms with E-state index in [2.05, 4.69) is 12.6 Å². The molecule has 0 aromatic heterocycles. The highest BCUT2D eigenvalue weighted by molar-refractivity contribution is 8.00. The summed E-state index contributed by atoms with van der Waals surface area (Å²) in [7, 11) is 0. The zero-order valence-corrected chi connectivity index (χ0v) is 14.0. The van der Waals surface area contributed by atoms with Crippen LogP contribution in [0, 0.1) is 13.8 Å². The van der Waals surface area contributed by atoms with E-state index in [9.17, 15) is 13.2 Å². The number of unbranched alkanes of at least 4 members (excludes halogenated alkanes) is 3. The largest absolute Gasteiger partial charge is 0.493 e. The van der Waals surface area contributed by atoms with Crippen molar-refractivity contribution in [1.29, 1.82) is 0 Å². The molecule has 0 fully saturated rings. The first-order chi connectivity index (χ1) is 9.79. The quantitative estimate of drug-likeness (QED) is 0.475. The van der Waals surface area contributed by atoms with Gasteiger partial charge in [0.05, 0.1) is 6.61 Å². The van der Waals surface area contributed by atoms with Crippen molar-refractivity contribution in [3.8, 4) is 5.75 Å². The number of rotatable bonds is 8. The maximum absolute atomic E-state index is 11.9. The van der Waals surface area contributed by atoms with Crippen molar-refractivity contribution < 1.29 is 17.9 Å². The summed E-state index contributed by atoms with van der Waals surface area (Å²) in [6, 6.07) is 3.94. The number of thiol groups is 1. The van der Waals surface area contributed by atoms with E-state index >= 15 is 0 Å². The molecule has 0 aliphatic rings. The smallest absolute Gasteiger partial charge is 0.441 e. The molecule has 0 saturated heterocycles. The van der Waals surface area contributed by atoms with Crippen molar-refractivity contribution in [2.45, 2.75) is 49.9 Å². The first kappa shape index (κ1) is 18.6. The van der Waals surface area contributed by atoms with E-state index in [1.807, 2.05) is 26.0 Å². The minimum absolute atomic E-state index is 0.0594. The molecule has 0 unspecified atom stereocenters. The fourth-order valence-electron chi connectivity index (χ4n) is 1.90. The molecule has 0 aliphatic carbocycles. The lowest BCUT2D eigenvalue weighted by Gasteiger charge is -2.11. The van der Waals surface area contributed by atoms with Crippen LogP contribution in [0.2, 0.25) is 0 Å². The summed E-state index contributed by atoms with van der Waals surface area (Å²) in [5, 5.41) is 0. The molecule has 0 spiro atoms. The van der Waals surface area contributed by atoms with Gasteiger partial charge in [0.15, 0.2) is 0 Å². The van der Waals surface area contributed by atoms with Gasteiger partial charge in [-0.2, -0.15) is 13.2 Å². The monoisotopic (exact) mass is 338 g/mol. The maximum Gasteiger partial charge on any atom is 0.441 e. The van der Waals surface area contributed by atoms with Gasteiger partial charge < -0.3 is 4.74 Å². The van der Waals surface area contributed by atoms with Gasteiger partial charge in [-0.05, 0) is 43.9 Å². The van der Waals surface area contributed by atoms with Crippen LogP contribution in [0.3, 0.4) is 0 Å². The van der Waals surface area contributed by atoms with Crippen molar-refractivity contribution in [3.63, 3.8) is 0 Å². The van der Waals surface area contributed by atoms with Gasteiger partial charge in [0.2, 0.25) is 0 Å². The summed E-state index contributed by atoms with van der Waals surface area (Å²) >= 11 is 4.42. The van der Waals surface area contributed by atoms with Crippen molar-refractivity contribution in [3.05, 3.63) is 23.3 Å². The lowest BCUT2D eigenvalue weighted by molar-refractivity contribution is -0.0328. The second-order valence-corrected chi connectivity index (χ2v) is 6.60. The maximum atomic E-state index is 11.9. The second kappa shape index (κ2) is 8.83.